The first-order chi connectivity index (χ1) is 20.0. The van der Waals surface area contributed by atoms with Crippen molar-refractivity contribution in [2.45, 2.75) is 95.7 Å². The summed E-state index contributed by atoms with van der Waals surface area (Å²) in [5.41, 5.74) is 0.594. The molecule has 3 unspecified atom stereocenters. The molecule has 9 atom stereocenters. The van der Waals surface area contributed by atoms with Crippen molar-refractivity contribution in [3.05, 3.63) is 30.0 Å². The second-order valence-electron chi connectivity index (χ2n) is 12.5. The smallest absolute Gasteiger partial charge is 0.326 e. The summed E-state index contributed by atoms with van der Waals surface area (Å²) < 4.78 is 18.3. The number of nitrogens with one attached hydrogen (secondary N) is 2. The molecule has 0 radical (unpaired) electrons. The average molecular weight is 587 g/mol. The van der Waals surface area contributed by atoms with Crippen LogP contribution < -0.4 is 5.32 Å². The van der Waals surface area contributed by atoms with Gasteiger partial charge in [-0.3, -0.25) is 9.59 Å². The van der Waals surface area contributed by atoms with E-state index < -0.39 is 47.9 Å². The summed E-state index contributed by atoms with van der Waals surface area (Å²) in [6, 6.07) is 3.52. The molecule has 1 aliphatic carbocycles. The molecular weight excluding hydrogens is 548 g/mol. The van der Waals surface area contributed by atoms with Gasteiger partial charge in [0.1, 0.15) is 11.8 Å². The van der Waals surface area contributed by atoms with Crippen LogP contribution in [0.15, 0.2) is 24.4 Å². The molecule has 7 rings (SSSR count). The van der Waals surface area contributed by atoms with Crippen LogP contribution in [0.5, 0.6) is 5.75 Å². The standard InChI is InChI=1S/C30H38N2O10/c1-15-4-6-21-16(2)27(39-28-30(21)20(15)10-11-29(3,40-28)41-42-30)38-25(35)9-8-24(34)32-23(26(36)37)12-17-14-31-22-7-5-18(33)13-19(17)22/h5,7,13-16,20-21,23,27-28,31,33H,4,6,8-12H2,1-3H3,(H,32,34)(H,36,37)/t15-,16-,20+,21+,23?,27-,28-,29?,30?/m1/s1. The molecule has 228 valence electrons. The zero-order valence-electron chi connectivity index (χ0n) is 24.0. The van der Waals surface area contributed by atoms with Crippen molar-refractivity contribution in [2.24, 2.45) is 23.7 Å². The van der Waals surface area contributed by atoms with Crippen LogP contribution in [0.2, 0.25) is 0 Å². The summed E-state index contributed by atoms with van der Waals surface area (Å²) in [6.07, 6.45) is 2.94. The topological polar surface area (TPSA) is 166 Å². The number of carboxylic acid groups (broad SMARTS) is 1. The van der Waals surface area contributed by atoms with E-state index in [0.717, 1.165) is 24.8 Å². The van der Waals surface area contributed by atoms with E-state index in [9.17, 15) is 24.6 Å². The molecule has 1 aromatic heterocycles. The Morgan fingerprint density at radius 3 is 2.74 bits per heavy atom. The lowest BCUT2D eigenvalue weighted by Crippen LogP contribution is -2.70. The Morgan fingerprint density at radius 2 is 1.95 bits per heavy atom. The predicted octanol–water partition coefficient (Wildman–Crippen LogP) is 3.52. The van der Waals surface area contributed by atoms with Crippen molar-refractivity contribution in [2.75, 3.05) is 0 Å². The van der Waals surface area contributed by atoms with Crippen LogP contribution in [0.3, 0.4) is 0 Å². The van der Waals surface area contributed by atoms with Crippen molar-refractivity contribution < 1.29 is 48.6 Å². The number of fused-ring (bicyclic) bond motifs is 3. The van der Waals surface area contributed by atoms with E-state index in [-0.39, 0.29) is 42.8 Å². The van der Waals surface area contributed by atoms with Gasteiger partial charge in [-0.25, -0.2) is 14.6 Å². The first-order valence-corrected chi connectivity index (χ1v) is 14.7. The Hall–Kier alpha value is -3.19. The van der Waals surface area contributed by atoms with E-state index in [0.29, 0.717) is 23.3 Å². The number of rotatable bonds is 8. The highest BCUT2D eigenvalue weighted by Gasteiger charge is 2.69. The molecule has 1 amide bonds. The lowest BCUT2D eigenvalue weighted by atomic mass is 9.58. The normalized spacial score (nSPS) is 36.1. The Bertz CT molecular complexity index is 1380. The number of ether oxygens (including phenoxy) is 3. The molecule has 1 spiro atoms. The van der Waals surface area contributed by atoms with Crippen molar-refractivity contribution in [1.29, 1.82) is 0 Å². The number of H-pyrrole nitrogens is 1. The van der Waals surface area contributed by atoms with Crippen molar-refractivity contribution in [3.8, 4) is 5.75 Å². The van der Waals surface area contributed by atoms with Gasteiger partial charge in [-0.15, -0.1) is 0 Å². The van der Waals surface area contributed by atoms with Gasteiger partial charge in [-0.2, -0.15) is 0 Å². The minimum Gasteiger partial charge on any atom is -0.508 e. The lowest BCUT2D eigenvalue weighted by molar-refractivity contribution is -0.576. The largest absolute Gasteiger partial charge is 0.508 e. The molecule has 5 aliphatic rings. The van der Waals surface area contributed by atoms with Gasteiger partial charge < -0.3 is 34.7 Å². The van der Waals surface area contributed by atoms with Crippen LogP contribution in [0.4, 0.5) is 0 Å². The fourth-order valence-electron chi connectivity index (χ4n) is 7.43. The summed E-state index contributed by atoms with van der Waals surface area (Å²) in [5.74, 6) is -2.94. The molecule has 12 nitrogen and oxygen atoms in total. The van der Waals surface area contributed by atoms with E-state index in [1.807, 2.05) is 13.8 Å². The molecule has 42 heavy (non-hydrogen) atoms. The quantitative estimate of drug-likeness (QED) is 0.266. The number of carbonyl (C=O) groups excluding carboxylic acids is 2. The van der Waals surface area contributed by atoms with Crippen molar-refractivity contribution in [1.82, 2.24) is 10.3 Å². The first kappa shape index (κ1) is 28.9. The number of hydrogen-bond donors (Lipinski definition) is 4. The Morgan fingerprint density at radius 1 is 1.14 bits per heavy atom. The van der Waals surface area contributed by atoms with Crippen molar-refractivity contribution >= 4 is 28.7 Å². The van der Waals surface area contributed by atoms with Gasteiger partial charge >= 0.3 is 11.9 Å². The molecular formula is C30H38N2O10. The fourth-order valence-corrected chi connectivity index (χ4v) is 7.43. The number of aliphatic carboxylic acids is 1. The molecule has 1 aromatic carbocycles. The number of aromatic amines is 1. The summed E-state index contributed by atoms with van der Waals surface area (Å²) >= 11 is 0. The maximum Gasteiger partial charge on any atom is 0.326 e. The van der Waals surface area contributed by atoms with Crippen LogP contribution >= 0.6 is 0 Å². The number of carbonyl (C=O) groups is 3. The number of carboxylic acids is 1. The second-order valence-corrected chi connectivity index (χ2v) is 12.5. The van der Waals surface area contributed by atoms with Gasteiger partial charge in [-0.1, -0.05) is 13.8 Å². The molecule has 4 saturated heterocycles. The third-order valence-electron chi connectivity index (χ3n) is 9.71. The minimum atomic E-state index is -1.22. The summed E-state index contributed by atoms with van der Waals surface area (Å²) in [6.45, 7) is 6.01. The zero-order chi connectivity index (χ0) is 29.8. The fraction of sp³-hybridized carbons (Fsp3) is 0.633. The molecule has 4 aliphatic heterocycles. The number of esters is 1. The highest BCUT2D eigenvalue weighted by atomic mass is 17.3. The van der Waals surface area contributed by atoms with Crippen molar-refractivity contribution in [3.63, 3.8) is 0 Å². The van der Waals surface area contributed by atoms with Gasteiger partial charge in [0.05, 0.1) is 6.42 Å². The summed E-state index contributed by atoms with van der Waals surface area (Å²) in [5, 5.41) is 22.7. The number of hydrogen-bond acceptors (Lipinski definition) is 9. The molecule has 12 heteroatoms. The van der Waals surface area contributed by atoms with Crippen LogP contribution in [-0.2, 0) is 44.8 Å². The third-order valence-corrected chi connectivity index (χ3v) is 9.71. The molecule has 1 saturated carbocycles. The maximum atomic E-state index is 12.9. The van der Waals surface area contributed by atoms with Crippen LogP contribution in [0.1, 0.15) is 64.9 Å². The molecule has 2 bridgehead atoms. The SMILES string of the molecule is C[C@H]1[C@H](OC(=O)CCC(=O)NC(Cc2c[nH]c3ccc(O)cc23)C(=O)O)O[C@@H]2OC3(C)CC[C@H]4[C@H](C)CC[C@@H]1C24OO3. The molecule has 4 N–H and O–H groups in total. The van der Waals surface area contributed by atoms with E-state index in [4.69, 9.17) is 24.0 Å². The molecule has 5 heterocycles. The highest BCUT2D eigenvalue weighted by Crippen LogP contribution is 2.60. The highest BCUT2D eigenvalue weighted by molar-refractivity contribution is 5.88. The number of amides is 1. The predicted molar refractivity (Wildman–Crippen MR) is 145 cm³/mol. The molecule has 5 fully saturated rings. The van der Waals surface area contributed by atoms with E-state index in [1.165, 1.54) is 12.1 Å². The van der Waals surface area contributed by atoms with Crippen LogP contribution in [-0.4, -0.2) is 63.1 Å². The van der Waals surface area contributed by atoms with E-state index >= 15 is 0 Å². The van der Waals surface area contributed by atoms with Gasteiger partial charge in [0, 0.05) is 48.2 Å². The van der Waals surface area contributed by atoms with Gasteiger partial charge in [0.25, 0.3) is 0 Å². The van der Waals surface area contributed by atoms with Gasteiger partial charge in [0.15, 0.2) is 11.9 Å². The van der Waals surface area contributed by atoms with Gasteiger partial charge in [-0.05, 0) is 61.8 Å². The summed E-state index contributed by atoms with van der Waals surface area (Å²) in [4.78, 5) is 52.4. The monoisotopic (exact) mass is 586 g/mol. The Labute approximate surface area is 242 Å². The Kier molecular flexibility index (Phi) is 7.45. The van der Waals surface area contributed by atoms with E-state index in [2.05, 4.69) is 17.2 Å². The number of aromatic nitrogens is 1. The lowest BCUT2D eigenvalue weighted by Gasteiger charge is -2.59. The second kappa shape index (κ2) is 10.8. The Balaban J connectivity index is 1.07. The number of benzene rings is 1. The van der Waals surface area contributed by atoms with Crippen LogP contribution in [0, 0.1) is 23.7 Å². The number of aromatic hydroxyl groups is 1. The first-order valence-electron chi connectivity index (χ1n) is 14.7. The average Bonchev–Trinajstić information content (AvgIpc) is 3.19. The molecule has 2 aromatic rings. The van der Waals surface area contributed by atoms with Crippen LogP contribution in [0.25, 0.3) is 10.9 Å². The minimum absolute atomic E-state index is 0.00273. The number of phenols is 1. The third kappa shape index (κ3) is 5.04. The summed E-state index contributed by atoms with van der Waals surface area (Å²) in [7, 11) is 0. The van der Waals surface area contributed by atoms with Gasteiger partial charge in [0.2, 0.25) is 18.0 Å². The number of phenolic OH excluding ortho intramolecular Hbond substituents is 1. The maximum absolute atomic E-state index is 12.9. The van der Waals surface area contributed by atoms with E-state index in [1.54, 1.807) is 12.3 Å². The zero-order valence-corrected chi connectivity index (χ0v) is 24.0.